The van der Waals surface area contributed by atoms with Crippen molar-refractivity contribution in [3.8, 4) is 11.3 Å². The molecule has 0 bridgehead atoms. The smallest absolute Gasteiger partial charge is 0.153 e. The number of rotatable bonds is 2. The summed E-state index contributed by atoms with van der Waals surface area (Å²) < 4.78 is 0. The lowest BCUT2D eigenvalue weighted by Crippen LogP contribution is -2.00. The van der Waals surface area contributed by atoms with Crippen LogP contribution in [0.1, 0.15) is 0 Å². The van der Waals surface area contributed by atoms with E-state index in [9.17, 15) is 0 Å². The van der Waals surface area contributed by atoms with Crippen LogP contribution in [0.25, 0.3) is 43.8 Å². The van der Waals surface area contributed by atoms with E-state index in [4.69, 9.17) is 9.97 Å². The minimum atomic E-state index is 0.795. The Morgan fingerprint density at radius 2 is 1.08 bits per heavy atom. The topological polar surface area (TPSA) is 37.8 Å². The Hall–Kier alpha value is -3.46. The number of hydrogen-bond acceptors (Lipinski definition) is 3. The molecule has 5 aromatic rings. The SMILES string of the molecule is CNc1nc2c3ccccc3c3ccccc3c2nc1-c1ccccc1. The first kappa shape index (κ1) is 14.8. The van der Waals surface area contributed by atoms with E-state index in [1.165, 1.54) is 10.8 Å². The van der Waals surface area contributed by atoms with E-state index < -0.39 is 0 Å². The highest BCUT2D eigenvalue weighted by Crippen LogP contribution is 2.36. The molecular weight excluding hydrogens is 318 g/mol. The molecule has 0 aliphatic heterocycles. The summed E-state index contributed by atoms with van der Waals surface area (Å²) in [6.07, 6.45) is 0. The number of anilines is 1. The van der Waals surface area contributed by atoms with Crippen LogP contribution in [0.15, 0.2) is 78.9 Å². The van der Waals surface area contributed by atoms with Crippen molar-refractivity contribution in [3.05, 3.63) is 78.9 Å². The second-order valence-corrected chi connectivity index (χ2v) is 6.33. The van der Waals surface area contributed by atoms with Crippen molar-refractivity contribution >= 4 is 38.4 Å². The lowest BCUT2D eigenvalue weighted by Gasteiger charge is -2.13. The van der Waals surface area contributed by atoms with E-state index >= 15 is 0 Å². The number of hydrogen-bond donors (Lipinski definition) is 1. The quantitative estimate of drug-likeness (QED) is 0.424. The second-order valence-electron chi connectivity index (χ2n) is 6.33. The molecule has 0 radical (unpaired) electrons. The fourth-order valence-corrected chi connectivity index (χ4v) is 3.63. The third-order valence-electron chi connectivity index (χ3n) is 4.83. The number of nitrogens with zero attached hydrogens (tertiary/aromatic N) is 2. The Kier molecular flexibility index (Phi) is 3.32. The van der Waals surface area contributed by atoms with Crippen LogP contribution in [0.3, 0.4) is 0 Å². The number of aromatic nitrogens is 2. The van der Waals surface area contributed by atoms with Gasteiger partial charge in [0.2, 0.25) is 0 Å². The Labute approximate surface area is 151 Å². The first-order chi connectivity index (χ1) is 12.9. The van der Waals surface area contributed by atoms with Crippen molar-refractivity contribution in [3.63, 3.8) is 0 Å². The minimum absolute atomic E-state index is 0.795. The van der Waals surface area contributed by atoms with Crippen molar-refractivity contribution in [2.45, 2.75) is 0 Å². The molecule has 0 aliphatic rings. The van der Waals surface area contributed by atoms with Gasteiger partial charge in [0, 0.05) is 23.4 Å². The van der Waals surface area contributed by atoms with Crippen molar-refractivity contribution in [1.82, 2.24) is 9.97 Å². The maximum atomic E-state index is 5.07. The summed E-state index contributed by atoms with van der Waals surface area (Å²) in [4.78, 5) is 10.0. The highest BCUT2D eigenvalue weighted by atomic mass is 15.0. The first-order valence-corrected chi connectivity index (χ1v) is 8.71. The fraction of sp³-hybridized carbons (Fsp3) is 0.0435. The van der Waals surface area contributed by atoms with E-state index in [0.29, 0.717) is 0 Å². The van der Waals surface area contributed by atoms with Gasteiger partial charge >= 0.3 is 0 Å². The third kappa shape index (κ3) is 2.14. The standard InChI is InChI=1S/C23H17N3/c1-24-23-20(15-9-3-2-4-10-15)25-21-18-13-7-5-11-16(18)17-12-6-8-14-19(17)22(21)26-23/h2-14H,1H3,(H,24,26). The fourth-order valence-electron chi connectivity index (χ4n) is 3.63. The molecule has 26 heavy (non-hydrogen) atoms. The Morgan fingerprint density at radius 3 is 1.65 bits per heavy atom. The van der Waals surface area contributed by atoms with Gasteiger partial charge in [-0.2, -0.15) is 0 Å². The largest absolute Gasteiger partial charge is 0.371 e. The lowest BCUT2D eigenvalue weighted by atomic mass is 9.99. The number of benzene rings is 4. The van der Waals surface area contributed by atoms with E-state index in [0.717, 1.165) is 38.9 Å². The summed E-state index contributed by atoms with van der Waals surface area (Å²) in [7, 11) is 1.89. The predicted molar refractivity (Wildman–Crippen MR) is 110 cm³/mol. The van der Waals surface area contributed by atoms with Gasteiger partial charge in [-0.05, 0) is 10.8 Å². The zero-order chi connectivity index (χ0) is 17.5. The Balaban J connectivity index is 2.00. The summed E-state index contributed by atoms with van der Waals surface area (Å²) >= 11 is 0. The van der Waals surface area contributed by atoms with Gasteiger partial charge in [-0.15, -0.1) is 0 Å². The van der Waals surface area contributed by atoms with Crippen LogP contribution in [0.2, 0.25) is 0 Å². The molecule has 0 saturated carbocycles. The molecule has 5 rings (SSSR count). The van der Waals surface area contributed by atoms with Crippen molar-refractivity contribution in [2.75, 3.05) is 12.4 Å². The van der Waals surface area contributed by atoms with Gasteiger partial charge in [0.15, 0.2) is 5.82 Å². The zero-order valence-corrected chi connectivity index (χ0v) is 14.4. The number of fused-ring (bicyclic) bond motifs is 6. The molecule has 0 aliphatic carbocycles. The van der Waals surface area contributed by atoms with Gasteiger partial charge in [0.1, 0.15) is 5.69 Å². The summed E-state index contributed by atoms with van der Waals surface area (Å²) in [6, 6.07) is 27.1. The molecular formula is C23H17N3. The highest BCUT2D eigenvalue weighted by Gasteiger charge is 2.15. The van der Waals surface area contributed by atoms with Crippen LogP contribution < -0.4 is 5.32 Å². The van der Waals surface area contributed by atoms with Crippen molar-refractivity contribution < 1.29 is 0 Å². The van der Waals surface area contributed by atoms with Crippen LogP contribution >= 0.6 is 0 Å². The monoisotopic (exact) mass is 335 g/mol. The van der Waals surface area contributed by atoms with Gasteiger partial charge in [-0.25, -0.2) is 9.97 Å². The van der Waals surface area contributed by atoms with Gasteiger partial charge in [0.25, 0.3) is 0 Å². The summed E-state index contributed by atoms with van der Waals surface area (Å²) in [5, 5.41) is 7.90. The van der Waals surface area contributed by atoms with Crippen LogP contribution in [0.5, 0.6) is 0 Å². The molecule has 3 heteroatoms. The molecule has 3 nitrogen and oxygen atoms in total. The van der Waals surface area contributed by atoms with E-state index in [-0.39, 0.29) is 0 Å². The molecule has 0 saturated heterocycles. The molecule has 1 heterocycles. The van der Waals surface area contributed by atoms with Gasteiger partial charge in [-0.3, -0.25) is 0 Å². The normalized spacial score (nSPS) is 11.3. The summed E-state index contributed by atoms with van der Waals surface area (Å²) in [5.41, 5.74) is 3.81. The van der Waals surface area contributed by atoms with Crippen molar-refractivity contribution in [1.29, 1.82) is 0 Å². The molecule has 1 aromatic heterocycles. The maximum Gasteiger partial charge on any atom is 0.153 e. The van der Waals surface area contributed by atoms with Crippen LogP contribution in [0.4, 0.5) is 5.82 Å². The average Bonchev–Trinajstić information content (AvgIpc) is 2.73. The molecule has 0 unspecified atom stereocenters. The molecule has 124 valence electrons. The zero-order valence-electron chi connectivity index (χ0n) is 14.4. The maximum absolute atomic E-state index is 5.07. The third-order valence-corrected chi connectivity index (χ3v) is 4.83. The molecule has 0 fully saturated rings. The highest BCUT2D eigenvalue weighted by molar-refractivity contribution is 6.23. The van der Waals surface area contributed by atoms with E-state index in [2.05, 4.69) is 66.0 Å². The first-order valence-electron chi connectivity index (χ1n) is 8.71. The minimum Gasteiger partial charge on any atom is -0.371 e. The molecule has 0 amide bonds. The molecule has 0 atom stereocenters. The van der Waals surface area contributed by atoms with Gasteiger partial charge in [0.05, 0.1) is 11.0 Å². The molecule has 0 spiro atoms. The molecule has 1 N–H and O–H groups in total. The van der Waals surface area contributed by atoms with Crippen LogP contribution in [0, 0.1) is 0 Å². The summed E-state index contributed by atoms with van der Waals surface area (Å²) in [6.45, 7) is 0. The summed E-state index contributed by atoms with van der Waals surface area (Å²) in [5.74, 6) is 0.795. The van der Waals surface area contributed by atoms with Gasteiger partial charge in [-0.1, -0.05) is 78.9 Å². The predicted octanol–water partition coefficient (Wildman–Crippen LogP) is 5.64. The van der Waals surface area contributed by atoms with E-state index in [1.807, 2.05) is 25.2 Å². The Bertz CT molecular complexity index is 1260. The van der Waals surface area contributed by atoms with Crippen molar-refractivity contribution in [2.24, 2.45) is 0 Å². The number of nitrogens with one attached hydrogen (secondary N) is 1. The van der Waals surface area contributed by atoms with Gasteiger partial charge < -0.3 is 5.32 Å². The Morgan fingerprint density at radius 1 is 0.577 bits per heavy atom. The second kappa shape index (κ2) is 5.81. The van der Waals surface area contributed by atoms with E-state index in [1.54, 1.807) is 0 Å². The molecule has 4 aromatic carbocycles. The van der Waals surface area contributed by atoms with Crippen LogP contribution in [-0.2, 0) is 0 Å². The lowest BCUT2D eigenvalue weighted by molar-refractivity contribution is 1.28. The average molecular weight is 335 g/mol. The van der Waals surface area contributed by atoms with Crippen LogP contribution in [-0.4, -0.2) is 17.0 Å².